The fourth-order valence-electron chi connectivity index (χ4n) is 0.850. The third-order valence-electron chi connectivity index (χ3n) is 1.34. The molecule has 13 heavy (non-hydrogen) atoms. The zero-order valence-electron chi connectivity index (χ0n) is 6.22. The summed E-state index contributed by atoms with van der Waals surface area (Å²) < 4.78 is 59.5. The maximum absolute atomic E-state index is 12.0. The summed E-state index contributed by atoms with van der Waals surface area (Å²) in [5.41, 5.74) is -0.539. The van der Waals surface area contributed by atoms with E-state index in [2.05, 4.69) is 4.98 Å². The highest BCUT2D eigenvalue weighted by Gasteiger charge is 2.30. The summed E-state index contributed by atoms with van der Waals surface area (Å²) in [5, 5.41) is 0. The molecule has 0 spiro atoms. The highest BCUT2D eigenvalue weighted by Crippen LogP contribution is 2.23. The molecular formula is C6H5F5N2. The summed E-state index contributed by atoms with van der Waals surface area (Å²) >= 11 is 0. The van der Waals surface area contributed by atoms with Gasteiger partial charge in [0.15, 0.2) is 0 Å². The van der Waals surface area contributed by atoms with Crippen LogP contribution in [0.1, 0.15) is 12.2 Å². The monoisotopic (exact) mass is 200 g/mol. The number of aromatic nitrogens is 2. The van der Waals surface area contributed by atoms with Gasteiger partial charge in [0, 0.05) is 6.20 Å². The first-order valence-corrected chi connectivity index (χ1v) is 3.26. The minimum atomic E-state index is -4.49. The van der Waals surface area contributed by atoms with Gasteiger partial charge < -0.3 is 0 Å². The van der Waals surface area contributed by atoms with Gasteiger partial charge in [-0.2, -0.15) is 22.0 Å². The lowest BCUT2D eigenvalue weighted by atomic mass is 10.3. The molecule has 0 aromatic carbocycles. The molecule has 0 aliphatic heterocycles. The molecule has 2 nitrogen and oxygen atoms in total. The largest absolute Gasteiger partial charge is 0.394 e. The van der Waals surface area contributed by atoms with Crippen molar-refractivity contribution < 1.29 is 22.0 Å². The van der Waals surface area contributed by atoms with E-state index < -0.39 is 24.8 Å². The van der Waals surface area contributed by atoms with Crippen LogP contribution < -0.4 is 0 Å². The van der Waals surface area contributed by atoms with Crippen molar-refractivity contribution >= 4 is 0 Å². The van der Waals surface area contributed by atoms with Gasteiger partial charge in [-0.1, -0.05) is 0 Å². The molecule has 74 valence electrons. The predicted octanol–water partition coefficient (Wildman–Crippen LogP) is 2.38. The Hall–Kier alpha value is -1.14. The van der Waals surface area contributed by atoms with Crippen molar-refractivity contribution in [1.82, 2.24) is 9.55 Å². The summed E-state index contributed by atoms with van der Waals surface area (Å²) in [5.74, 6) is 0. The van der Waals surface area contributed by atoms with E-state index in [-0.39, 0.29) is 4.57 Å². The molecular weight excluding hydrogens is 195 g/mol. The van der Waals surface area contributed by atoms with Crippen molar-refractivity contribution in [3.05, 3.63) is 18.2 Å². The van der Waals surface area contributed by atoms with Gasteiger partial charge >= 0.3 is 12.7 Å². The Labute approximate surface area is 70.0 Å². The van der Waals surface area contributed by atoms with Crippen molar-refractivity contribution in [1.29, 1.82) is 0 Å². The van der Waals surface area contributed by atoms with E-state index in [9.17, 15) is 22.0 Å². The highest BCUT2D eigenvalue weighted by molar-refractivity contribution is 5.00. The lowest BCUT2D eigenvalue weighted by Crippen LogP contribution is -2.15. The third-order valence-corrected chi connectivity index (χ3v) is 1.34. The van der Waals surface area contributed by atoms with Gasteiger partial charge in [-0.05, 0) is 0 Å². The number of halogens is 5. The van der Waals surface area contributed by atoms with Crippen LogP contribution in [0.3, 0.4) is 0 Å². The Bertz CT molecular complexity index is 277. The number of rotatable bonds is 2. The van der Waals surface area contributed by atoms with Crippen LogP contribution in [-0.4, -0.2) is 15.7 Å². The maximum atomic E-state index is 12.0. The van der Waals surface area contributed by atoms with Crippen LogP contribution in [0.5, 0.6) is 0 Å². The highest BCUT2D eigenvalue weighted by atomic mass is 19.4. The van der Waals surface area contributed by atoms with E-state index in [1.165, 1.54) is 0 Å². The average Bonchev–Trinajstić information content (AvgIpc) is 2.31. The molecule has 0 atom stereocenters. The lowest BCUT2D eigenvalue weighted by Gasteiger charge is -2.08. The van der Waals surface area contributed by atoms with E-state index >= 15 is 0 Å². The quantitative estimate of drug-likeness (QED) is 0.670. The van der Waals surface area contributed by atoms with Crippen molar-refractivity contribution in [3.8, 4) is 0 Å². The average molecular weight is 200 g/mol. The summed E-state index contributed by atoms with van der Waals surface area (Å²) in [4.78, 5) is 3.21. The predicted molar refractivity (Wildman–Crippen MR) is 33.2 cm³/mol. The van der Waals surface area contributed by atoms with E-state index in [1.54, 1.807) is 0 Å². The molecule has 1 aromatic heterocycles. The number of nitrogens with zero attached hydrogens (tertiary/aromatic N) is 2. The number of imidazole rings is 1. The fourth-order valence-corrected chi connectivity index (χ4v) is 0.850. The smallest absolute Gasteiger partial charge is 0.277 e. The molecule has 0 N–H and O–H groups in total. The zero-order valence-corrected chi connectivity index (χ0v) is 6.22. The fraction of sp³-hybridized carbons (Fsp3) is 0.500. The van der Waals surface area contributed by atoms with Gasteiger partial charge in [-0.3, -0.25) is 4.57 Å². The van der Waals surface area contributed by atoms with E-state index in [1.807, 2.05) is 0 Å². The van der Waals surface area contributed by atoms with Gasteiger partial charge in [0.2, 0.25) is 0 Å². The Morgan fingerprint density at radius 1 is 1.38 bits per heavy atom. The van der Waals surface area contributed by atoms with Crippen molar-refractivity contribution in [2.24, 2.45) is 0 Å². The Balaban J connectivity index is 2.83. The molecule has 1 heterocycles. The first kappa shape index (κ1) is 9.94. The van der Waals surface area contributed by atoms with Crippen molar-refractivity contribution in [2.75, 3.05) is 0 Å². The maximum Gasteiger partial charge on any atom is 0.394 e. The van der Waals surface area contributed by atoms with Crippen LogP contribution in [-0.2, 0) is 6.42 Å². The summed E-state index contributed by atoms with van der Waals surface area (Å²) in [7, 11) is 0. The van der Waals surface area contributed by atoms with E-state index in [4.69, 9.17) is 0 Å². The molecule has 0 saturated heterocycles. The SMILES string of the molecule is FC(F)n1cncc1CC(F)(F)F. The minimum Gasteiger partial charge on any atom is -0.277 e. The first-order valence-electron chi connectivity index (χ1n) is 3.26. The standard InChI is InChI=1S/C6H5F5N2/c7-5(8)13-3-12-2-4(13)1-6(9,10)11/h2-3,5H,1H2. The van der Waals surface area contributed by atoms with Crippen LogP contribution in [0.4, 0.5) is 22.0 Å². The Kier molecular flexibility index (Phi) is 2.53. The van der Waals surface area contributed by atoms with Crippen LogP contribution >= 0.6 is 0 Å². The molecule has 0 amide bonds. The molecule has 0 saturated carbocycles. The molecule has 0 unspecified atom stereocenters. The molecule has 0 radical (unpaired) electrons. The molecule has 0 aliphatic rings. The number of alkyl halides is 5. The summed E-state index contributed by atoms with van der Waals surface area (Å²) in [6.45, 7) is -2.99. The first-order chi connectivity index (χ1) is 5.90. The van der Waals surface area contributed by atoms with Crippen molar-refractivity contribution in [2.45, 2.75) is 19.1 Å². The van der Waals surface area contributed by atoms with Gasteiger partial charge in [0.05, 0.1) is 18.4 Å². The number of hydrogen-bond donors (Lipinski definition) is 0. The lowest BCUT2D eigenvalue weighted by molar-refractivity contribution is -0.129. The summed E-state index contributed by atoms with van der Waals surface area (Å²) in [6, 6.07) is 0. The minimum absolute atomic E-state index is 0.188. The van der Waals surface area contributed by atoms with Crippen molar-refractivity contribution in [3.63, 3.8) is 0 Å². The topological polar surface area (TPSA) is 17.8 Å². The number of hydrogen-bond acceptors (Lipinski definition) is 1. The molecule has 0 fully saturated rings. The van der Waals surface area contributed by atoms with E-state index in [0.29, 0.717) is 6.33 Å². The second-order valence-electron chi connectivity index (χ2n) is 2.36. The van der Waals surface area contributed by atoms with Gasteiger partial charge in [-0.25, -0.2) is 4.98 Å². The third kappa shape index (κ3) is 2.67. The Morgan fingerprint density at radius 3 is 2.46 bits per heavy atom. The molecule has 0 bridgehead atoms. The summed E-state index contributed by atoms with van der Waals surface area (Å²) in [6.07, 6.45) is -4.44. The van der Waals surface area contributed by atoms with Gasteiger partial charge in [-0.15, -0.1) is 0 Å². The second-order valence-corrected chi connectivity index (χ2v) is 2.36. The van der Waals surface area contributed by atoms with Gasteiger partial charge in [0.25, 0.3) is 0 Å². The molecule has 7 heteroatoms. The Morgan fingerprint density at radius 2 is 2.00 bits per heavy atom. The van der Waals surface area contributed by atoms with Gasteiger partial charge in [0.1, 0.15) is 0 Å². The zero-order chi connectivity index (χ0) is 10.1. The molecule has 0 aliphatic carbocycles. The van der Waals surface area contributed by atoms with Crippen LogP contribution in [0.2, 0.25) is 0 Å². The van der Waals surface area contributed by atoms with E-state index in [0.717, 1.165) is 6.20 Å². The van der Waals surface area contributed by atoms with Crippen LogP contribution in [0.15, 0.2) is 12.5 Å². The molecule has 1 aromatic rings. The normalized spacial score (nSPS) is 12.5. The van der Waals surface area contributed by atoms with Crippen LogP contribution in [0.25, 0.3) is 0 Å². The second kappa shape index (κ2) is 3.31. The molecule has 1 rings (SSSR count). The van der Waals surface area contributed by atoms with Crippen LogP contribution in [0, 0.1) is 0 Å².